The van der Waals surface area contributed by atoms with Crippen molar-refractivity contribution in [1.82, 2.24) is 10.1 Å². The van der Waals surface area contributed by atoms with Crippen LogP contribution in [0.3, 0.4) is 0 Å². The van der Waals surface area contributed by atoms with Gasteiger partial charge in [0.25, 0.3) is 5.88 Å². The van der Waals surface area contributed by atoms with Gasteiger partial charge in [-0.3, -0.25) is 4.79 Å². The summed E-state index contributed by atoms with van der Waals surface area (Å²) in [7, 11) is 1.38. The first-order valence-corrected chi connectivity index (χ1v) is 10.1. The maximum atomic E-state index is 13.1. The van der Waals surface area contributed by atoms with Crippen LogP contribution >= 0.6 is 11.6 Å². The molecule has 158 valence electrons. The number of nitrogens with one attached hydrogen (secondary N) is 1. The Hall–Kier alpha value is -3.29. The van der Waals surface area contributed by atoms with Crippen LogP contribution in [0, 0.1) is 0 Å². The minimum atomic E-state index is -0.482. The van der Waals surface area contributed by atoms with Gasteiger partial charge in [0, 0.05) is 16.4 Å². The molecule has 0 unspecified atom stereocenters. The smallest absolute Gasteiger partial charge is 0.265 e. The van der Waals surface area contributed by atoms with Crippen molar-refractivity contribution >= 4 is 28.3 Å². The molecule has 0 bridgehead atoms. The SMILES string of the molecule is COc1nocc1C(=O)c1c(O)[nH]c2cc(Cl)c(-c3ccc(C4(CO)CC4)cc3)cc12. The Balaban J connectivity index is 1.60. The molecule has 1 saturated carbocycles. The number of benzene rings is 2. The number of aromatic hydroxyl groups is 1. The first-order chi connectivity index (χ1) is 15.0. The molecule has 5 rings (SSSR count). The van der Waals surface area contributed by atoms with Gasteiger partial charge in [0.15, 0.2) is 0 Å². The lowest BCUT2D eigenvalue weighted by atomic mass is 9.93. The number of ether oxygens (including phenoxy) is 1. The quantitative estimate of drug-likeness (QED) is 0.384. The van der Waals surface area contributed by atoms with Gasteiger partial charge in [-0.25, -0.2) is 0 Å². The van der Waals surface area contributed by atoms with Crippen LogP contribution in [0.25, 0.3) is 22.0 Å². The zero-order valence-electron chi connectivity index (χ0n) is 16.6. The Morgan fingerprint density at radius 1 is 1.29 bits per heavy atom. The molecule has 8 heteroatoms. The molecule has 0 amide bonds. The number of aliphatic hydroxyl groups excluding tert-OH is 1. The van der Waals surface area contributed by atoms with E-state index in [2.05, 4.69) is 10.1 Å². The Morgan fingerprint density at radius 2 is 2.03 bits per heavy atom. The third-order valence-electron chi connectivity index (χ3n) is 6.03. The highest BCUT2D eigenvalue weighted by Crippen LogP contribution is 2.48. The average molecular weight is 439 g/mol. The number of aromatic nitrogens is 2. The van der Waals surface area contributed by atoms with Gasteiger partial charge in [-0.15, -0.1) is 0 Å². The zero-order chi connectivity index (χ0) is 21.8. The molecule has 4 aromatic rings. The van der Waals surface area contributed by atoms with Crippen LogP contribution in [0.4, 0.5) is 0 Å². The van der Waals surface area contributed by atoms with Gasteiger partial charge in [-0.2, -0.15) is 0 Å². The maximum Gasteiger partial charge on any atom is 0.265 e. The monoisotopic (exact) mass is 438 g/mol. The second kappa shape index (κ2) is 7.14. The van der Waals surface area contributed by atoms with E-state index in [-0.39, 0.29) is 34.9 Å². The summed E-state index contributed by atoms with van der Waals surface area (Å²) < 4.78 is 9.91. The summed E-state index contributed by atoms with van der Waals surface area (Å²) in [5, 5.41) is 24.7. The van der Waals surface area contributed by atoms with Crippen LogP contribution in [0.5, 0.6) is 11.8 Å². The van der Waals surface area contributed by atoms with Crippen molar-refractivity contribution in [3.8, 4) is 22.9 Å². The highest BCUT2D eigenvalue weighted by atomic mass is 35.5. The number of aliphatic hydroxyl groups is 1. The zero-order valence-corrected chi connectivity index (χ0v) is 17.4. The van der Waals surface area contributed by atoms with Gasteiger partial charge < -0.3 is 24.5 Å². The van der Waals surface area contributed by atoms with Crippen molar-refractivity contribution in [2.45, 2.75) is 18.3 Å². The third-order valence-corrected chi connectivity index (χ3v) is 6.35. The van der Waals surface area contributed by atoms with E-state index in [9.17, 15) is 15.0 Å². The number of nitrogens with zero attached hydrogens (tertiary/aromatic N) is 1. The summed E-state index contributed by atoms with van der Waals surface area (Å²) in [4.78, 5) is 15.9. The highest BCUT2D eigenvalue weighted by Gasteiger charge is 2.43. The number of fused-ring (bicyclic) bond motifs is 1. The average Bonchev–Trinajstić information content (AvgIpc) is 3.31. The highest BCUT2D eigenvalue weighted by molar-refractivity contribution is 6.34. The maximum absolute atomic E-state index is 13.1. The molecule has 3 N–H and O–H groups in total. The Kier molecular flexibility index (Phi) is 4.53. The minimum Gasteiger partial charge on any atom is -0.494 e. The molecule has 0 radical (unpaired) electrons. The predicted molar refractivity (Wildman–Crippen MR) is 115 cm³/mol. The number of ketones is 1. The standard InChI is InChI=1S/C23H19ClN2O5/c1-30-22-16(10-31-26-22)20(28)19-15-8-14(17(24)9-18(15)25-21(19)29)12-2-4-13(5-3-12)23(11-27)6-7-23/h2-5,8-10,25,27,29H,6-7,11H2,1H3. The van der Waals surface area contributed by atoms with Crippen molar-refractivity contribution in [1.29, 1.82) is 0 Å². The minimum absolute atomic E-state index is 0.0430. The van der Waals surface area contributed by atoms with E-state index < -0.39 is 5.78 Å². The molecule has 1 aliphatic carbocycles. The molecule has 31 heavy (non-hydrogen) atoms. The Labute approximate surface area is 182 Å². The first-order valence-electron chi connectivity index (χ1n) is 9.76. The molecule has 7 nitrogen and oxygen atoms in total. The van der Waals surface area contributed by atoms with Gasteiger partial charge >= 0.3 is 0 Å². The molecule has 1 fully saturated rings. The van der Waals surface area contributed by atoms with Crippen molar-refractivity contribution in [3.05, 3.63) is 64.4 Å². The lowest BCUT2D eigenvalue weighted by Gasteiger charge is -2.13. The molecule has 2 aromatic carbocycles. The van der Waals surface area contributed by atoms with Gasteiger partial charge in [0.05, 0.1) is 29.8 Å². The van der Waals surface area contributed by atoms with Crippen LogP contribution in [-0.2, 0) is 5.41 Å². The number of halogens is 1. The molecular weight excluding hydrogens is 420 g/mol. The van der Waals surface area contributed by atoms with Crippen LogP contribution in [-0.4, -0.2) is 39.9 Å². The number of aromatic amines is 1. The number of hydrogen-bond acceptors (Lipinski definition) is 6. The van der Waals surface area contributed by atoms with E-state index in [1.807, 2.05) is 24.3 Å². The number of methoxy groups -OCH3 is 1. The summed E-state index contributed by atoms with van der Waals surface area (Å²) in [6.07, 6.45) is 3.15. The summed E-state index contributed by atoms with van der Waals surface area (Å²) in [5.41, 5.74) is 3.30. The van der Waals surface area contributed by atoms with Crippen LogP contribution in [0.15, 0.2) is 47.2 Å². The summed E-state index contributed by atoms with van der Waals surface area (Å²) in [5.74, 6) is -0.712. The molecule has 0 saturated heterocycles. The molecule has 2 heterocycles. The van der Waals surface area contributed by atoms with Crippen LogP contribution in [0.1, 0.15) is 34.3 Å². The number of carbonyl (C=O) groups excluding carboxylic acids is 1. The van der Waals surface area contributed by atoms with Crippen molar-refractivity contribution in [2.24, 2.45) is 0 Å². The Bertz CT molecular complexity index is 1300. The largest absolute Gasteiger partial charge is 0.494 e. The van der Waals surface area contributed by atoms with Crippen molar-refractivity contribution < 1.29 is 24.3 Å². The summed E-state index contributed by atoms with van der Waals surface area (Å²) in [6.45, 7) is 0.138. The molecule has 1 aliphatic rings. The lowest BCUT2D eigenvalue weighted by Crippen LogP contribution is -2.11. The third kappa shape index (κ3) is 3.08. The van der Waals surface area contributed by atoms with E-state index in [4.69, 9.17) is 20.9 Å². The molecule has 0 aliphatic heterocycles. The first kappa shape index (κ1) is 19.7. The van der Waals surface area contributed by atoms with Gasteiger partial charge in [-0.1, -0.05) is 35.9 Å². The van der Waals surface area contributed by atoms with E-state index in [1.54, 1.807) is 12.1 Å². The van der Waals surface area contributed by atoms with E-state index in [0.29, 0.717) is 15.9 Å². The fourth-order valence-electron chi connectivity index (χ4n) is 4.00. The molecule has 0 spiro atoms. The van der Waals surface area contributed by atoms with Gasteiger partial charge in [0.2, 0.25) is 11.7 Å². The van der Waals surface area contributed by atoms with Crippen molar-refractivity contribution in [2.75, 3.05) is 13.7 Å². The second-order valence-electron chi connectivity index (χ2n) is 7.81. The summed E-state index contributed by atoms with van der Waals surface area (Å²) in [6, 6.07) is 11.4. The van der Waals surface area contributed by atoms with E-state index in [0.717, 1.165) is 29.5 Å². The number of H-pyrrole nitrogens is 1. The van der Waals surface area contributed by atoms with E-state index >= 15 is 0 Å². The molecule has 0 atom stereocenters. The molecule has 2 aromatic heterocycles. The topological polar surface area (TPSA) is 109 Å². The fourth-order valence-corrected chi connectivity index (χ4v) is 4.28. The number of carbonyl (C=O) groups is 1. The van der Waals surface area contributed by atoms with Crippen LogP contribution in [0.2, 0.25) is 5.02 Å². The summed E-state index contributed by atoms with van der Waals surface area (Å²) >= 11 is 6.52. The van der Waals surface area contributed by atoms with Crippen LogP contribution < -0.4 is 4.74 Å². The van der Waals surface area contributed by atoms with Gasteiger partial charge in [-0.05, 0) is 41.3 Å². The number of rotatable bonds is 6. The van der Waals surface area contributed by atoms with Gasteiger partial charge in [0.1, 0.15) is 11.8 Å². The fraction of sp³-hybridized carbons (Fsp3) is 0.217. The normalized spacial score (nSPS) is 14.7. The van der Waals surface area contributed by atoms with E-state index in [1.165, 1.54) is 13.4 Å². The lowest BCUT2D eigenvalue weighted by molar-refractivity contribution is 0.103. The Morgan fingerprint density at radius 3 is 2.68 bits per heavy atom. The predicted octanol–water partition coefficient (Wildman–Crippen LogP) is 4.45. The van der Waals surface area contributed by atoms with Crippen molar-refractivity contribution in [3.63, 3.8) is 0 Å². The number of hydrogen-bond donors (Lipinski definition) is 3. The second-order valence-corrected chi connectivity index (χ2v) is 8.22. The molecular formula is C23H19ClN2O5.